The molecule has 6 heteroatoms. The van der Waals surface area contributed by atoms with E-state index in [0.717, 1.165) is 5.92 Å². The molecule has 4 N–H and O–H groups in total. The van der Waals surface area contributed by atoms with E-state index in [2.05, 4.69) is 27.4 Å². The van der Waals surface area contributed by atoms with Crippen LogP contribution < -0.4 is 11.1 Å². The highest BCUT2D eigenvalue weighted by atomic mass is 16.2. The summed E-state index contributed by atoms with van der Waals surface area (Å²) in [6.45, 7) is 2.98. The van der Waals surface area contributed by atoms with Gasteiger partial charge in [-0.1, -0.05) is 19.8 Å². The molecule has 0 spiro atoms. The van der Waals surface area contributed by atoms with Gasteiger partial charge in [-0.25, -0.2) is 0 Å². The van der Waals surface area contributed by atoms with Crippen molar-refractivity contribution in [3.63, 3.8) is 0 Å². The van der Waals surface area contributed by atoms with Gasteiger partial charge in [0.2, 0.25) is 11.8 Å². The maximum atomic E-state index is 11.7. The molecule has 0 aromatic carbocycles. The SMILES string of the molecule is CC1CCCC(CNC(=O)c2nc(N)n[nH]2)C1. The Bertz CT molecular complexity index is 389. The Kier molecular flexibility index (Phi) is 3.61. The fourth-order valence-corrected chi connectivity index (χ4v) is 2.44. The molecule has 0 bridgehead atoms. The quantitative estimate of drug-likeness (QED) is 0.729. The lowest BCUT2D eigenvalue weighted by Gasteiger charge is -2.26. The molecular weight excluding hydrogens is 218 g/mol. The monoisotopic (exact) mass is 237 g/mol. The molecule has 1 heterocycles. The average Bonchev–Trinajstić information content (AvgIpc) is 2.73. The Hall–Kier alpha value is -1.59. The van der Waals surface area contributed by atoms with Crippen molar-refractivity contribution in [2.45, 2.75) is 32.6 Å². The second-order valence-electron chi connectivity index (χ2n) is 4.89. The molecule has 1 aliphatic rings. The Morgan fingerprint density at radius 1 is 1.59 bits per heavy atom. The molecule has 2 unspecified atom stereocenters. The van der Waals surface area contributed by atoms with Crippen LogP contribution in [-0.2, 0) is 0 Å². The zero-order chi connectivity index (χ0) is 12.3. The van der Waals surface area contributed by atoms with Crippen molar-refractivity contribution < 1.29 is 4.79 Å². The average molecular weight is 237 g/mol. The minimum Gasteiger partial charge on any atom is -0.366 e. The van der Waals surface area contributed by atoms with Crippen LogP contribution in [0.4, 0.5) is 5.95 Å². The van der Waals surface area contributed by atoms with Gasteiger partial charge in [0.05, 0.1) is 0 Å². The number of H-pyrrole nitrogens is 1. The van der Waals surface area contributed by atoms with Gasteiger partial charge < -0.3 is 11.1 Å². The van der Waals surface area contributed by atoms with E-state index in [1.807, 2.05) is 0 Å². The van der Waals surface area contributed by atoms with Gasteiger partial charge in [0.1, 0.15) is 0 Å². The molecule has 0 radical (unpaired) electrons. The van der Waals surface area contributed by atoms with Crippen molar-refractivity contribution in [1.82, 2.24) is 20.5 Å². The van der Waals surface area contributed by atoms with Gasteiger partial charge in [0.25, 0.3) is 5.91 Å². The van der Waals surface area contributed by atoms with Gasteiger partial charge in [-0.15, -0.1) is 5.10 Å². The van der Waals surface area contributed by atoms with E-state index in [-0.39, 0.29) is 17.7 Å². The first-order valence-electron chi connectivity index (χ1n) is 6.11. The van der Waals surface area contributed by atoms with Crippen LogP contribution in [0.15, 0.2) is 0 Å². The molecule has 1 amide bonds. The highest BCUT2D eigenvalue weighted by molar-refractivity contribution is 5.90. The first-order valence-corrected chi connectivity index (χ1v) is 6.11. The van der Waals surface area contributed by atoms with E-state index >= 15 is 0 Å². The van der Waals surface area contributed by atoms with E-state index in [1.54, 1.807) is 0 Å². The van der Waals surface area contributed by atoms with Crippen LogP contribution in [0, 0.1) is 11.8 Å². The molecular formula is C11H19N5O. The summed E-state index contributed by atoms with van der Waals surface area (Å²) in [5.41, 5.74) is 5.34. The summed E-state index contributed by atoms with van der Waals surface area (Å²) in [6, 6.07) is 0. The number of carbonyl (C=O) groups excluding carboxylic acids is 1. The van der Waals surface area contributed by atoms with Gasteiger partial charge >= 0.3 is 0 Å². The maximum Gasteiger partial charge on any atom is 0.288 e. The summed E-state index contributed by atoms with van der Waals surface area (Å²) < 4.78 is 0. The molecule has 1 aliphatic carbocycles. The van der Waals surface area contributed by atoms with E-state index in [9.17, 15) is 4.79 Å². The number of anilines is 1. The van der Waals surface area contributed by atoms with Gasteiger partial charge in [0, 0.05) is 6.54 Å². The van der Waals surface area contributed by atoms with Crippen molar-refractivity contribution in [1.29, 1.82) is 0 Å². The molecule has 1 saturated carbocycles. The Morgan fingerprint density at radius 3 is 3.06 bits per heavy atom. The third-order valence-corrected chi connectivity index (χ3v) is 3.31. The Balaban J connectivity index is 1.80. The number of nitrogens with one attached hydrogen (secondary N) is 2. The highest BCUT2D eigenvalue weighted by Gasteiger charge is 2.20. The molecule has 0 saturated heterocycles. The fraction of sp³-hybridized carbons (Fsp3) is 0.727. The van der Waals surface area contributed by atoms with Crippen LogP contribution >= 0.6 is 0 Å². The number of rotatable bonds is 3. The lowest BCUT2D eigenvalue weighted by atomic mass is 9.82. The third-order valence-electron chi connectivity index (χ3n) is 3.31. The fourth-order valence-electron chi connectivity index (χ4n) is 2.44. The van der Waals surface area contributed by atoms with Gasteiger partial charge in [-0.2, -0.15) is 4.98 Å². The van der Waals surface area contributed by atoms with Crippen LogP contribution in [0.3, 0.4) is 0 Å². The number of hydrogen-bond acceptors (Lipinski definition) is 4. The number of nitrogens with two attached hydrogens (primary N) is 1. The van der Waals surface area contributed by atoms with Gasteiger partial charge in [-0.3, -0.25) is 9.89 Å². The van der Waals surface area contributed by atoms with E-state index in [0.29, 0.717) is 12.5 Å². The first kappa shape index (κ1) is 11.9. The zero-order valence-electron chi connectivity index (χ0n) is 10.1. The predicted octanol–water partition coefficient (Wildman–Crippen LogP) is 0.943. The van der Waals surface area contributed by atoms with Crippen molar-refractivity contribution in [3.05, 3.63) is 5.82 Å². The van der Waals surface area contributed by atoms with E-state index in [4.69, 9.17) is 5.73 Å². The molecule has 17 heavy (non-hydrogen) atoms. The van der Waals surface area contributed by atoms with Crippen LogP contribution in [0.2, 0.25) is 0 Å². The molecule has 1 aromatic rings. The topological polar surface area (TPSA) is 96.7 Å². The summed E-state index contributed by atoms with van der Waals surface area (Å²) >= 11 is 0. The normalized spacial score (nSPS) is 24.5. The summed E-state index contributed by atoms with van der Waals surface area (Å²) in [5, 5.41) is 9.00. The standard InChI is InChI=1S/C11H19N5O/c1-7-3-2-4-8(5-7)6-13-10(17)9-14-11(12)16-15-9/h7-8H,2-6H2,1H3,(H,13,17)(H3,12,14,15,16). The summed E-state index contributed by atoms with van der Waals surface area (Å²) in [6.07, 6.45) is 4.96. The summed E-state index contributed by atoms with van der Waals surface area (Å²) in [5.74, 6) is 1.41. The molecule has 1 aromatic heterocycles. The lowest BCUT2D eigenvalue weighted by Crippen LogP contribution is -2.32. The van der Waals surface area contributed by atoms with Crippen LogP contribution in [0.25, 0.3) is 0 Å². The van der Waals surface area contributed by atoms with Crippen molar-refractivity contribution in [2.75, 3.05) is 12.3 Å². The Morgan fingerprint density at radius 2 is 2.41 bits per heavy atom. The second kappa shape index (κ2) is 5.16. The number of aromatic nitrogens is 3. The van der Waals surface area contributed by atoms with Crippen molar-refractivity contribution in [3.8, 4) is 0 Å². The molecule has 1 fully saturated rings. The van der Waals surface area contributed by atoms with Crippen molar-refractivity contribution in [2.24, 2.45) is 11.8 Å². The van der Waals surface area contributed by atoms with Crippen LogP contribution in [-0.4, -0.2) is 27.6 Å². The van der Waals surface area contributed by atoms with E-state index in [1.165, 1.54) is 25.7 Å². The number of carbonyl (C=O) groups is 1. The number of nitrogen functional groups attached to an aromatic ring is 1. The van der Waals surface area contributed by atoms with Crippen LogP contribution in [0.1, 0.15) is 43.2 Å². The predicted molar refractivity (Wildman–Crippen MR) is 64.3 cm³/mol. The zero-order valence-corrected chi connectivity index (χ0v) is 10.1. The molecule has 6 nitrogen and oxygen atoms in total. The minimum atomic E-state index is -0.229. The molecule has 0 aliphatic heterocycles. The smallest absolute Gasteiger partial charge is 0.288 e. The number of hydrogen-bond donors (Lipinski definition) is 3. The Labute approximate surface area is 100 Å². The van der Waals surface area contributed by atoms with Crippen molar-refractivity contribution >= 4 is 11.9 Å². The van der Waals surface area contributed by atoms with E-state index < -0.39 is 0 Å². The minimum absolute atomic E-state index is 0.0986. The van der Waals surface area contributed by atoms with Gasteiger partial charge in [0.15, 0.2) is 0 Å². The lowest BCUT2D eigenvalue weighted by molar-refractivity contribution is 0.0930. The summed E-state index contributed by atoms with van der Waals surface area (Å²) in [7, 11) is 0. The molecule has 2 atom stereocenters. The molecule has 94 valence electrons. The largest absolute Gasteiger partial charge is 0.366 e. The highest BCUT2D eigenvalue weighted by Crippen LogP contribution is 2.27. The van der Waals surface area contributed by atoms with Gasteiger partial charge in [-0.05, 0) is 24.7 Å². The third kappa shape index (κ3) is 3.18. The first-order chi connectivity index (χ1) is 8.15. The number of nitrogens with zero attached hydrogens (tertiary/aromatic N) is 2. The number of aromatic amines is 1. The maximum absolute atomic E-state index is 11.7. The number of amides is 1. The van der Waals surface area contributed by atoms with Crippen LogP contribution in [0.5, 0.6) is 0 Å². The second-order valence-corrected chi connectivity index (χ2v) is 4.89. The molecule has 2 rings (SSSR count). The summed E-state index contributed by atoms with van der Waals surface area (Å²) in [4.78, 5) is 15.5.